The number of aromatic nitrogens is 1. The molecule has 2 heterocycles. The molecule has 0 saturated heterocycles. The van der Waals surface area contributed by atoms with Crippen LogP contribution in [0.3, 0.4) is 0 Å². The standard InChI is InChI=1S/C20H24N2O5/c1-11(2)27-20(24)17-12(3)18(21-13(17)4)19(23)22-14-6-7-15-16(10-14)26-9-5-8-25-15/h6-7,10-11,21H,5,8-9H2,1-4H3,(H,22,23). The van der Waals surface area contributed by atoms with E-state index < -0.39 is 5.97 Å². The summed E-state index contributed by atoms with van der Waals surface area (Å²) in [7, 11) is 0. The molecule has 0 fully saturated rings. The van der Waals surface area contributed by atoms with Crippen molar-refractivity contribution in [2.45, 2.75) is 40.2 Å². The van der Waals surface area contributed by atoms with E-state index in [4.69, 9.17) is 14.2 Å². The molecule has 1 aliphatic heterocycles. The van der Waals surface area contributed by atoms with Crippen LogP contribution in [-0.4, -0.2) is 36.2 Å². The Morgan fingerprint density at radius 1 is 1.15 bits per heavy atom. The van der Waals surface area contributed by atoms with Gasteiger partial charge in [-0.25, -0.2) is 4.79 Å². The zero-order valence-electron chi connectivity index (χ0n) is 16.0. The van der Waals surface area contributed by atoms with Gasteiger partial charge in [0.1, 0.15) is 5.69 Å². The summed E-state index contributed by atoms with van der Waals surface area (Å²) in [6, 6.07) is 5.26. The lowest BCUT2D eigenvalue weighted by Crippen LogP contribution is -2.15. The van der Waals surface area contributed by atoms with E-state index in [0.29, 0.717) is 52.9 Å². The average molecular weight is 372 g/mol. The third-order valence-corrected chi connectivity index (χ3v) is 4.22. The smallest absolute Gasteiger partial charge is 0.340 e. The van der Waals surface area contributed by atoms with Crippen molar-refractivity contribution in [2.75, 3.05) is 18.5 Å². The number of amides is 1. The van der Waals surface area contributed by atoms with E-state index in [0.717, 1.165) is 6.42 Å². The van der Waals surface area contributed by atoms with Gasteiger partial charge in [0.25, 0.3) is 5.91 Å². The number of fused-ring (bicyclic) bond motifs is 1. The molecule has 0 bridgehead atoms. The molecule has 144 valence electrons. The van der Waals surface area contributed by atoms with Gasteiger partial charge in [-0.1, -0.05) is 0 Å². The van der Waals surface area contributed by atoms with E-state index >= 15 is 0 Å². The van der Waals surface area contributed by atoms with Crippen LogP contribution < -0.4 is 14.8 Å². The second kappa shape index (κ2) is 7.73. The van der Waals surface area contributed by atoms with E-state index in [1.54, 1.807) is 45.9 Å². The largest absolute Gasteiger partial charge is 0.490 e. The normalized spacial score (nSPS) is 13.2. The molecule has 1 aromatic carbocycles. The van der Waals surface area contributed by atoms with Gasteiger partial charge in [-0.05, 0) is 45.4 Å². The van der Waals surface area contributed by atoms with Crippen LogP contribution >= 0.6 is 0 Å². The molecular formula is C20H24N2O5. The number of hydrogen-bond donors (Lipinski definition) is 2. The third-order valence-electron chi connectivity index (χ3n) is 4.22. The summed E-state index contributed by atoms with van der Waals surface area (Å²) < 4.78 is 16.5. The molecule has 1 aliphatic rings. The number of ether oxygens (including phenoxy) is 3. The van der Waals surface area contributed by atoms with Crippen molar-refractivity contribution >= 4 is 17.6 Å². The number of anilines is 1. The maximum Gasteiger partial charge on any atom is 0.340 e. The highest BCUT2D eigenvalue weighted by Gasteiger charge is 2.24. The van der Waals surface area contributed by atoms with Crippen molar-refractivity contribution in [2.24, 2.45) is 0 Å². The van der Waals surface area contributed by atoms with E-state index in [-0.39, 0.29) is 12.0 Å². The molecule has 2 aromatic rings. The van der Waals surface area contributed by atoms with Crippen molar-refractivity contribution in [1.82, 2.24) is 4.98 Å². The summed E-state index contributed by atoms with van der Waals surface area (Å²) >= 11 is 0. The maximum absolute atomic E-state index is 12.7. The zero-order chi connectivity index (χ0) is 19.6. The first-order valence-electron chi connectivity index (χ1n) is 8.98. The molecule has 0 unspecified atom stereocenters. The molecule has 7 heteroatoms. The minimum atomic E-state index is -0.439. The maximum atomic E-state index is 12.7. The van der Waals surface area contributed by atoms with Crippen molar-refractivity contribution in [3.8, 4) is 11.5 Å². The molecule has 0 atom stereocenters. The number of hydrogen-bond acceptors (Lipinski definition) is 5. The van der Waals surface area contributed by atoms with Gasteiger partial charge in [0.15, 0.2) is 11.5 Å². The highest BCUT2D eigenvalue weighted by Crippen LogP contribution is 2.32. The van der Waals surface area contributed by atoms with Crippen LogP contribution in [-0.2, 0) is 4.74 Å². The van der Waals surface area contributed by atoms with Crippen LogP contribution in [0.2, 0.25) is 0 Å². The van der Waals surface area contributed by atoms with Gasteiger partial charge in [-0.2, -0.15) is 0 Å². The lowest BCUT2D eigenvalue weighted by molar-refractivity contribution is 0.0376. The molecule has 0 saturated carbocycles. The summed E-state index contributed by atoms with van der Waals surface area (Å²) in [6.45, 7) is 8.22. The van der Waals surface area contributed by atoms with Crippen LogP contribution in [0, 0.1) is 13.8 Å². The number of H-pyrrole nitrogens is 1. The average Bonchev–Trinajstić information content (AvgIpc) is 2.77. The van der Waals surface area contributed by atoms with Crippen molar-refractivity contribution < 1.29 is 23.8 Å². The Balaban J connectivity index is 1.81. The van der Waals surface area contributed by atoms with Crippen LogP contribution in [0.5, 0.6) is 11.5 Å². The van der Waals surface area contributed by atoms with E-state index in [1.165, 1.54) is 0 Å². The summed E-state index contributed by atoms with van der Waals surface area (Å²) in [6.07, 6.45) is 0.581. The van der Waals surface area contributed by atoms with Gasteiger partial charge in [0, 0.05) is 23.9 Å². The Morgan fingerprint density at radius 3 is 2.56 bits per heavy atom. The molecule has 7 nitrogen and oxygen atoms in total. The van der Waals surface area contributed by atoms with Crippen molar-refractivity contribution in [3.63, 3.8) is 0 Å². The summed E-state index contributed by atoms with van der Waals surface area (Å²) in [4.78, 5) is 28.0. The van der Waals surface area contributed by atoms with E-state index in [9.17, 15) is 9.59 Å². The molecule has 3 rings (SSSR count). The van der Waals surface area contributed by atoms with Gasteiger partial charge >= 0.3 is 5.97 Å². The number of aryl methyl sites for hydroxylation is 1. The number of rotatable bonds is 4. The van der Waals surface area contributed by atoms with Crippen LogP contribution in [0.1, 0.15) is 52.4 Å². The first-order valence-corrected chi connectivity index (χ1v) is 8.98. The number of carbonyl (C=O) groups excluding carboxylic acids is 2. The van der Waals surface area contributed by atoms with Crippen molar-refractivity contribution in [3.05, 3.63) is 40.7 Å². The van der Waals surface area contributed by atoms with E-state index in [1.807, 2.05) is 0 Å². The molecular weight excluding hydrogens is 348 g/mol. The number of carbonyl (C=O) groups is 2. The number of esters is 1. The quantitative estimate of drug-likeness (QED) is 0.800. The van der Waals surface area contributed by atoms with Crippen LogP contribution in [0.15, 0.2) is 18.2 Å². The molecule has 1 amide bonds. The van der Waals surface area contributed by atoms with E-state index in [2.05, 4.69) is 10.3 Å². The Kier molecular flexibility index (Phi) is 5.39. The first kappa shape index (κ1) is 18.8. The Bertz CT molecular complexity index is 869. The fourth-order valence-corrected chi connectivity index (χ4v) is 2.99. The highest BCUT2D eigenvalue weighted by molar-refractivity contribution is 6.07. The summed E-state index contributed by atoms with van der Waals surface area (Å²) in [5.74, 6) is 0.488. The Hall–Kier alpha value is -2.96. The van der Waals surface area contributed by atoms with Gasteiger partial charge in [0.2, 0.25) is 0 Å². The Morgan fingerprint density at radius 2 is 1.85 bits per heavy atom. The lowest BCUT2D eigenvalue weighted by Gasteiger charge is -2.10. The molecule has 0 radical (unpaired) electrons. The lowest BCUT2D eigenvalue weighted by atomic mass is 10.1. The minimum absolute atomic E-state index is 0.231. The third kappa shape index (κ3) is 4.07. The highest BCUT2D eigenvalue weighted by atomic mass is 16.5. The predicted octanol–water partition coefficient (Wildman–Crippen LogP) is 3.61. The molecule has 0 spiro atoms. The molecule has 27 heavy (non-hydrogen) atoms. The second-order valence-electron chi connectivity index (χ2n) is 6.75. The monoisotopic (exact) mass is 372 g/mol. The summed E-state index contributed by atoms with van der Waals surface area (Å²) in [5.41, 5.74) is 2.47. The number of aromatic amines is 1. The van der Waals surface area contributed by atoms with Crippen LogP contribution in [0.4, 0.5) is 5.69 Å². The molecule has 0 aliphatic carbocycles. The zero-order valence-corrected chi connectivity index (χ0v) is 16.0. The van der Waals surface area contributed by atoms with Crippen LogP contribution in [0.25, 0.3) is 0 Å². The fraction of sp³-hybridized carbons (Fsp3) is 0.400. The molecule has 2 N–H and O–H groups in total. The van der Waals surface area contributed by atoms with Gasteiger partial charge in [-0.15, -0.1) is 0 Å². The Labute approximate surface area is 158 Å². The van der Waals surface area contributed by atoms with Gasteiger partial charge in [0.05, 0.1) is 24.9 Å². The SMILES string of the molecule is Cc1[nH]c(C(=O)Nc2ccc3c(c2)OCCCO3)c(C)c1C(=O)OC(C)C. The number of nitrogens with one attached hydrogen (secondary N) is 2. The van der Waals surface area contributed by atoms with Crippen molar-refractivity contribution in [1.29, 1.82) is 0 Å². The first-order chi connectivity index (χ1) is 12.9. The molecule has 1 aromatic heterocycles. The second-order valence-corrected chi connectivity index (χ2v) is 6.75. The van der Waals surface area contributed by atoms with Gasteiger partial charge < -0.3 is 24.5 Å². The topological polar surface area (TPSA) is 89.7 Å². The summed E-state index contributed by atoms with van der Waals surface area (Å²) in [5, 5.41) is 2.83. The fourth-order valence-electron chi connectivity index (χ4n) is 2.99. The van der Waals surface area contributed by atoms with Gasteiger partial charge in [-0.3, -0.25) is 4.79 Å². The minimum Gasteiger partial charge on any atom is -0.490 e. The predicted molar refractivity (Wildman–Crippen MR) is 101 cm³/mol. The number of benzene rings is 1.